The van der Waals surface area contributed by atoms with Crippen LogP contribution in [-0.4, -0.2) is 25.0 Å². The Morgan fingerprint density at radius 3 is 3.12 bits per heavy atom. The minimum Gasteiger partial charge on any atom is -0.466 e. The minimum atomic E-state index is -0.463. The summed E-state index contributed by atoms with van der Waals surface area (Å²) >= 11 is 1.80. The topological polar surface area (TPSA) is 47.6 Å². The van der Waals surface area contributed by atoms with Gasteiger partial charge in [0, 0.05) is 28.7 Å². The summed E-state index contributed by atoms with van der Waals surface area (Å²) < 4.78 is 24.3. The Labute approximate surface area is 143 Å². The van der Waals surface area contributed by atoms with E-state index in [0.717, 1.165) is 5.75 Å². The van der Waals surface area contributed by atoms with E-state index in [-0.39, 0.29) is 30.8 Å². The maximum absolute atomic E-state index is 13.8. The quantitative estimate of drug-likeness (QED) is 0.927. The molecule has 0 aromatic heterocycles. The number of benzene rings is 2. The molecule has 0 aliphatic carbocycles. The zero-order chi connectivity index (χ0) is 16.5. The average molecular weight is 345 g/mol. The third-order valence-electron chi connectivity index (χ3n) is 4.23. The molecule has 1 amide bonds. The van der Waals surface area contributed by atoms with Gasteiger partial charge in [0.1, 0.15) is 11.6 Å². The van der Waals surface area contributed by atoms with Crippen LogP contribution in [0.5, 0.6) is 5.75 Å². The van der Waals surface area contributed by atoms with Crippen molar-refractivity contribution in [2.45, 2.75) is 17.4 Å². The summed E-state index contributed by atoms with van der Waals surface area (Å²) in [4.78, 5) is 13.8. The molecule has 1 atom stereocenters. The van der Waals surface area contributed by atoms with E-state index in [1.54, 1.807) is 11.8 Å². The van der Waals surface area contributed by atoms with Gasteiger partial charge in [0.2, 0.25) is 0 Å². The molecule has 24 heavy (non-hydrogen) atoms. The minimum absolute atomic E-state index is 0.0750. The first-order valence-electron chi connectivity index (χ1n) is 7.75. The van der Waals surface area contributed by atoms with Crippen LogP contribution in [-0.2, 0) is 11.3 Å². The van der Waals surface area contributed by atoms with Crippen molar-refractivity contribution in [3.05, 3.63) is 58.9 Å². The third-order valence-corrected chi connectivity index (χ3v) is 5.48. The van der Waals surface area contributed by atoms with Crippen LogP contribution < -0.4 is 10.1 Å². The van der Waals surface area contributed by atoms with Crippen LogP contribution in [0.4, 0.5) is 4.39 Å². The molecule has 0 radical (unpaired) electrons. The van der Waals surface area contributed by atoms with Crippen molar-refractivity contribution in [3.63, 3.8) is 0 Å². The number of fused-ring (bicyclic) bond motifs is 2. The number of rotatable bonds is 3. The predicted molar refractivity (Wildman–Crippen MR) is 88.9 cm³/mol. The summed E-state index contributed by atoms with van der Waals surface area (Å²) in [5.74, 6) is 0.840. The summed E-state index contributed by atoms with van der Waals surface area (Å²) in [7, 11) is 0. The molecule has 0 bridgehead atoms. The predicted octanol–water partition coefficient (Wildman–Crippen LogP) is 3.31. The first kappa shape index (κ1) is 15.5. The monoisotopic (exact) mass is 345 g/mol. The average Bonchev–Trinajstić information content (AvgIpc) is 3.02. The molecule has 2 heterocycles. The fourth-order valence-corrected chi connectivity index (χ4v) is 4.31. The van der Waals surface area contributed by atoms with Crippen LogP contribution in [0.3, 0.4) is 0 Å². The lowest BCUT2D eigenvalue weighted by atomic mass is 10.0. The van der Waals surface area contributed by atoms with E-state index < -0.39 is 5.82 Å². The van der Waals surface area contributed by atoms with Crippen molar-refractivity contribution in [1.29, 1.82) is 0 Å². The van der Waals surface area contributed by atoms with Gasteiger partial charge in [-0.1, -0.05) is 18.2 Å². The third kappa shape index (κ3) is 2.87. The van der Waals surface area contributed by atoms with Gasteiger partial charge in [-0.3, -0.25) is 4.79 Å². The van der Waals surface area contributed by atoms with Gasteiger partial charge >= 0.3 is 0 Å². The van der Waals surface area contributed by atoms with Crippen molar-refractivity contribution < 1.29 is 18.7 Å². The molecule has 6 heteroatoms. The van der Waals surface area contributed by atoms with E-state index >= 15 is 0 Å². The molecule has 2 aliphatic heterocycles. The molecular formula is C18H16FNO3S. The lowest BCUT2D eigenvalue weighted by Crippen LogP contribution is -2.29. The van der Waals surface area contributed by atoms with Crippen LogP contribution in [0.2, 0.25) is 0 Å². The van der Waals surface area contributed by atoms with Gasteiger partial charge in [0.15, 0.2) is 6.79 Å². The molecule has 4 rings (SSSR count). The maximum atomic E-state index is 13.8. The lowest BCUT2D eigenvalue weighted by Gasteiger charge is -2.21. The number of hydrogen-bond donors (Lipinski definition) is 1. The number of carbonyl (C=O) groups is 1. The van der Waals surface area contributed by atoms with Gasteiger partial charge in [-0.2, -0.15) is 0 Å². The molecule has 1 unspecified atom stereocenters. The van der Waals surface area contributed by atoms with Gasteiger partial charge in [-0.25, -0.2) is 4.39 Å². The Morgan fingerprint density at radius 1 is 1.33 bits per heavy atom. The van der Waals surface area contributed by atoms with Gasteiger partial charge in [-0.15, -0.1) is 11.8 Å². The van der Waals surface area contributed by atoms with Crippen LogP contribution >= 0.6 is 11.8 Å². The van der Waals surface area contributed by atoms with E-state index in [1.165, 1.54) is 22.6 Å². The zero-order valence-corrected chi connectivity index (χ0v) is 13.7. The summed E-state index contributed by atoms with van der Waals surface area (Å²) in [6, 6.07) is 10.8. The van der Waals surface area contributed by atoms with Crippen LogP contribution in [0.1, 0.15) is 27.4 Å². The molecule has 124 valence electrons. The zero-order valence-electron chi connectivity index (χ0n) is 12.9. The number of halogens is 1. The molecule has 0 saturated carbocycles. The van der Waals surface area contributed by atoms with Crippen molar-refractivity contribution in [2.24, 2.45) is 0 Å². The molecule has 0 spiro atoms. The second kappa shape index (κ2) is 6.45. The van der Waals surface area contributed by atoms with Gasteiger partial charge in [0.05, 0.1) is 12.2 Å². The highest BCUT2D eigenvalue weighted by molar-refractivity contribution is 7.99. The molecule has 2 aromatic carbocycles. The SMILES string of the molecule is O=C(NCC1CSc2ccccc21)c1cc(F)cc2c1OCOC2. The van der Waals surface area contributed by atoms with E-state index in [1.807, 2.05) is 12.1 Å². The summed E-state index contributed by atoms with van der Waals surface area (Å²) in [5, 5.41) is 2.92. The molecule has 1 N–H and O–H groups in total. The Hall–Kier alpha value is -2.05. The second-order valence-corrected chi connectivity index (χ2v) is 6.87. The van der Waals surface area contributed by atoms with Crippen molar-refractivity contribution >= 4 is 17.7 Å². The summed E-state index contributed by atoms with van der Waals surface area (Å²) in [5.41, 5.74) is 2.05. The number of hydrogen-bond acceptors (Lipinski definition) is 4. The van der Waals surface area contributed by atoms with Crippen LogP contribution in [0.25, 0.3) is 0 Å². The van der Waals surface area contributed by atoms with Crippen molar-refractivity contribution in [2.75, 3.05) is 19.1 Å². The Kier molecular flexibility index (Phi) is 4.16. The molecule has 2 aromatic rings. The molecule has 4 nitrogen and oxygen atoms in total. The van der Waals surface area contributed by atoms with Gasteiger partial charge in [0.25, 0.3) is 5.91 Å². The van der Waals surface area contributed by atoms with E-state index in [4.69, 9.17) is 9.47 Å². The number of carbonyl (C=O) groups excluding carboxylic acids is 1. The van der Waals surface area contributed by atoms with E-state index in [2.05, 4.69) is 17.4 Å². The summed E-state index contributed by atoms with van der Waals surface area (Å²) in [6.07, 6.45) is 0. The maximum Gasteiger partial charge on any atom is 0.255 e. The number of amides is 1. The highest BCUT2D eigenvalue weighted by atomic mass is 32.2. The first-order chi connectivity index (χ1) is 11.7. The fourth-order valence-electron chi connectivity index (χ4n) is 3.06. The Balaban J connectivity index is 1.51. The Morgan fingerprint density at radius 2 is 2.21 bits per heavy atom. The molecular weight excluding hydrogens is 329 g/mol. The van der Waals surface area contributed by atoms with Gasteiger partial charge in [-0.05, 0) is 23.8 Å². The van der Waals surface area contributed by atoms with Gasteiger partial charge < -0.3 is 14.8 Å². The highest BCUT2D eigenvalue weighted by Crippen LogP contribution is 2.39. The first-order valence-corrected chi connectivity index (χ1v) is 8.74. The Bertz CT molecular complexity index is 796. The standard InChI is InChI=1S/C18H16FNO3S/c19-13-5-11-8-22-10-23-17(11)15(6-13)18(21)20-7-12-9-24-16-4-2-1-3-14(12)16/h1-6,12H,7-10H2,(H,20,21). The molecule has 2 aliphatic rings. The highest BCUT2D eigenvalue weighted by Gasteiger charge is 2.25. The number of thioether (sulfide) groups is 1. The van der Waals surface area contributed by atoms with Crippen LogP contribution in [0, 0.1) is 5.82 Å². The van der Waals surface area contributed by atoms with E-state index in [0.29, 0.717) is 17.9 Å². The van der Waals surface area contributed by atoms with E-state index in [9.17, 15) is 9.18 Å². The largest absolute Gasteiger partial charge is 0.466 e. The second-order valence-electron chi connectivity index (χ2n) is 5.81. The number of ether oxygens (including phenoxy) is 2. The smallest absolute Gasteiger partial charge is 0.255 e. The lowest BCUT2D eigenvalue weighted by molar-refractivity contribution is -0.0170. The number of nitrogens with one attached hydrogen (secondary N) is 1. The van der Waals surface area contributed by atoms with Crippen molar-refractivity contribution in [3.8, 4) is 5.75 Å². The van der Waals surface area contributed by atoms with Crippen molar-refractivity contribution in [1.82, 2.24) is 5.32 Å². The van der Waals surface area contributed by atoms with Crippen LogP contribution in [0.15, 0.2) is 41.3 Å². The normalized spacial score (nSPS) is 18.5. The molecule has 0 saturated heterocycles. The summed E-state index contributed by atoms with van der Waals surface area (Å²) in [6.45, 7) is 0.843. The molecule has 0 fully saturated rings. The fraction of sp³-hybridized carbons (Fsp3) is 0.278.